The highest BCUT2D eigenvalue weighted by atomic mass is 35.5. The van der Waals surface area contributed by atoms with Crippen molar-refractivity contribution in [3.05, 3.63) is 156 Å². The summed E-state index contributed by atoms with van der Waals surface area (Å²) in [5.41, 5.74) is 2.51. The third kappa shape index (κ3) is 7.98. The average Bonchev–Trinajstić information content (AvgIpc) is 3.74. The van der Waals surface area contributed by atoms with Crippen molar-refractivity contribution in [2.45, 2.75) is 26.9 Å². The van der Waals surface area contributed by atoms with E-state index >= 15 is 0 Å². The van der Waals surface area contributed by atoms with Gasteiger partial charge in [0.15, 0.2) is 8.93 Å². The molecule has 0 bridgehead atoms. The van der Waals surface area contributed by atoms with E-state index in [1.54, 1.807) is 82.5 Å². The molecule has 2 aromatic carbocycles. The lowest BCUT2D eigenvalue weighted by Gasteiger charge is -2.17. The highest BCUT2D eigenvalue weighted by Crippen LogP contribution is 2.31. The molecular formula is C38H24Cl6N6O4S2. The quantitative estimate of drug-likeness (QED) is 0.155. The van der Waals surface area contributed by atoms with Gasteiger partial charge in [-0.3, -0.25) is 0 Å². The van der Waals surface area contributed by atoms with Crippen LogP contribution in [0.15, 0.2) is 95.0 Å². The lowest BCUT2D eigenvalue weighted by Crippen LogP contribution is -2.44. The van der Waals surface area contributed by atoms with E-state index in [1.807, 2.05) is 26.0 Å². The Morgan fingerprint density at radius 3 is 1.29 bits per heavy atom. The smallest absolute Gasteiger partial charge is 0.349 e. The number of aryl methyl sites for hydroxylation is 2. The van der Waals surface area contributed by atoms with Crippen molar-refractivity contribution in [2.75, 3.05) is 0 Å². The summed E-state index contributed by atoms with van der Waals surface area (Å²) >= 11 is 38.8. The number of pyridine rings is 2. The van der Waals surface area contributed by atoms with Crippen molar-refractivity contribution in [1.82, 2.24) is 18.8 Å². The lowest BCUT2D eigenvalue weighted by molar-refractivity contribution is -0.708. The van der Waals surface area contributed by atoms with Gasteiger partial charge in [0.2, 0.25) is 0 Å². The zero-order chi connectivity index (χ0) is 40.0. The third-order valence-corrected chi connectivity index (χ3v) is 11.7. The first-order valence-corrected chi connectivity index (χ1v) is 20.2. The number of halogens is 6. The first-order valence-electron chi connectivity index (χ1n) is 16.3. The maximum Gasteiger partial charge on any atom is 0.349 e. The number of fused-ring (bicyclic) bond motifs is 2. The van der Waals surface area contributed by atoms with Gasteiger partial charge in [-0.2, -0.15) is 8.80 Å². The molecule has 0 saturated heterocycles. The third-order valence-electron chi connectivity index (χ3n) is 8.60. The maximum absolute atomic E-state index is 13.4. The summed E-state index contributed by atoms with van der Waals surface area (Å²) in [6.45, 7) is 4.17. The Balaban J connectivity index is 0.000000172. The summed E-state index contributed by atoms with van der Waals surface area (Å²) in [7, 11) is 0. The van der Waals surface area contributed by atoms with Crippen LogP contribution in [0.5, 0.6) is 11.8 Å². The minimum absolute atomic E-state index is 0.00288. The Kier molecular flexibility index (Phi) is 11.6. The molecule has 0 radical (unpaired) electrons. The molecule has 0 fully saturated rings. The van der Waals surface area contributed by atoms with Crippen LogP contribution in [0, 0.1) is 13.8 Å². The molecule has 6 aromatic heterocycles. The number of thiazole rings is 2. The van der Waals surface area contributed by atoms with E-state index in [9.17, 15) is 19.8 Å². The summed E-state index contributed by atoms with van der Waals surface area (Å²) in [6, 6.07) is 16.5. The van der Waals surface area contributed by atoms with Gasteiger partial charge in [0.25, 0.3) is 11.3 Å². The topological polar surface area (TPSA) is 123 Å². The second kappa shape index (κ2) is 16.3. The van der Waals surface area contributed by atoms with Gasteiger partial charge >= 0.3 is 11.1 Å². The fourth-order valence-electron chi connectivity index (χ4n) is 6.33. The molecule has 284 valence electrons. The van der Waals surface area contributed by atoms with Crippen LogP contribution < -0.4 is 30.5 Å². The molecule has 0 N–H and O–H groups in total. The second-order valence-corrected chi connectivity index (χ2v) is 17.5. The van der Waals surface area contributed by atoms with E-state index in [1.165, 1.54) is 31.5 Å². The second-order valence-electron chi connectivity index (χ2n) is 12.4. The van der Waals surface area contributed by atoms with Gasteiger partial charge in [0.05, 0.1) is 33.9 Å². The van der Waals surface area contributed by atoms with Crippen LogP contribution in [-0.4, -0.2) is 18.8 Å². The number of rotatable bonds is 6. The van der Waals surface area contributed by atoms with Gasteiger partial charge in [-0.05, 0) is 85.6 Å². The zero-order valence-electron chi connectivity index (χ0n) is 28.9. The van der Waals surface area contributed by atoms with E-state index < -0.39 is 22.9 Å². The van der Waals surface area contributed by atoms with Crippen LogP contribution in [0.1, 0.15) is 20.9 Å². The van der Waals surface area contributed by atoms with E-state index in [4.69, 9.17) is 69.6 Å². The largest absolute Gasteiger partial charge is 0.842 e. The molecular weight excluding hydrogens is 881 g/mol. The minimum Gasteiger partial charge on any atom is -0.842 e. The minimum atomic E-state index is -0.430. The summed E-state index contributed by atoms with van der Waals surface area (Å²) in [5, 5.41) is 28.2. The molecule has 0 amide bonds. The van der Waals surface area contributed by atoms with Crippen LogP contribution in [0.2, 0.25) is 29.0 Å². The Labute approximate surface area is 356 Å². The van der Waals surface area contributed by atoms with E-state index in [0.29, 0.717) is 51.4 Å². The van der Waals surface area contributed by atoms with Gasteiger partial charge in [0, 0.05) is 43.6 Å². The summed E-state index contributed by atoms with van der Waals surface area (Å²) in [6.07, 6.45) is 6.51. The summed E-state index contributed by atoms with van der Waals surface area (Å²) < 4.78 is 6.79. The highest BCUT2D eigenvalue weighted by molar-refractivity contribution is 7.16. The Hall–Kier alpha value is -4.24. The van der Waals surface area contributed by atoms with Gasteiger partial charge in [0.1, 0.15) is 24.2 Å². The molecule has 0 aliphatic heterocycles. The number of hydrogen-bond donors (Lipinski definition) is 0. The molecule has 0 aliphatic carbocycles. The molecule has 0 spiro atoms. The fourth-order valence-corrected chi connectivity index (χ4v) is 9.31. The van der Waals surface area contributed by atoms with Gasteiger partial charge in [-0.15, -0.1) is 22.7 Å². The van der Waals surface area contributed by atoms with Gasteiger partial charge in [-0.1, -0.05) is 69.6 Å². The Bertz CT molecular complexity index is 2730. The normalized spacial score (nSPS) is 11.3. The molecule has 8 rings (SSSR count). The predicted molar refractivity (Wildman–Crippen MR) is 219 cm³/mol. The van der Waals surface area contributed by atoms with Crippen molar-refractivity contribution < 1.29 is 19.3 Å². The maximum atomic E-state index is 13.4. The molecule has 0 atom stereocenters. The van der Waals surface area contributed by atoms with Crippen LogP contribution in [-0.2, 0) is 13.1 Å². The van der Waals surface area contributed by atoms with E-state index in [2.05, 4.69) is 9.97 Å². The van der Waals surface area contributed by atoms with Crippen molar-refractivity contribution >= 4 is 104 Å². The standard InChI is InChI=1S/2C19H12Cl3N3O2S/c2*1-10-3-2-4-24-16(10)25(9-14-8-23-19(22)28-14)18(27)15(17(24)26)11-5-12(20)7-13(21)6-11/h2*2-8H,9H2,1H3. The van der Waals surface area contributed by atoms with Crippen LogP contribution >= 0.6 is 92.3 Å². The van der Waals surface area contributed by atoms with Crippen LogP contribution in [0.3, 0.4) is 0 Å². The summed E-state index contributed by atoms with van der Waals surface area (Å²) in [4.78, 5) is 36.0. The first kappa shape index (κ1) is 40.0. The van der Waals surface area contributed by atoms with Crippen molar-refractivity contribution in [3.8, 4) is 34.0 Å². The molecule has 8 aromatic rings. The van der Waals surface area contributed by atoms with Crippen molar-refractivity contribution in [1.29, 1.82) is 0 Å². The molecule has 6 heterocycles. The number of hydrogen-bond acceptors (Lipinski definition) is 8. The first-order chi connectivity index (χ1) is 26.7. The van der Waals surface area contributed by atoms with Gasteiger partial charge < -0.3 is 10.2 Å². The predicted octanol–water partition coefficient (Wildman–Crippen LogP) is 8.20. The lowest BCUT2D eigenvalue weighted by atomic mass is 10.1. The molecule has 0 aliphatic rings. The van der Waals surface area contributed by atoms with E-state index in [0.717, 1.165) is 20.9 Å². The molecule has 56 heavy (non-hydrogen) atoms. The van der Waals surface area contributed by atoms with Crippen molar-refractivity contribution in [3.63, 3.8) is 0 Å². The SMILES string of the molecule is Cc1cccn2c(=O)c(-c3cc(Cl)cc(Cl)c3)c([O-])[n+](Cc3cnc(Cl)s3)c12.Cc1cccn2c(=O)c(-c3cc(Cl)cc(Cl)c3)c([O-])[n+](Cc3cnc(Cl)s3)c12. The molecule has 10 nitrogen and oxygen atoms in total. The van der Waals surface area contributed by atoms with Crippen LogP contribution in [0.4, 0.5) is 0 Å². The molecule has 0 unspecified atom stereocenters. The van der Waals surface area contributed by atoms with E-state index in [-0.39, 0.29) is 24.2 Å². The molecule has 0 saturated carbocycles. The van der Waals surface area contributed by atoms with Crippen LogP contribution in [0.25, 0.3) is 33.5 Å². The summed E-state index contributed by atoms with van der Waals surface area (Å²) in [5.74, 6) is -0.857. The Morgan fingerprint density at radius 1 is 0.607 bits per heavy atom. The van der Waals surface area contributed by atoms with Crippen molar-refractivity contribution in [2.24, 2.45) is 0 Å². The highest BCUT2D eigenvalue weighted by Gasteiger charge is 2.25. The van der Waals surface area contributed by atoms with Gasteiger partial charge in [-0.25, -0.2) is 28.7 Å². The average molecular weight is 905 g/mol. The zero-order valence-corrected chi connectivity index (χ0v) is 35.1. The number of benzene rings is 2. The number of aromatic nitrogens is 6. The Morgan fingerprint density at radius 2 is 0.964 bits per heavy atom. The number of nitrogens with zero attached hydrogens (tertiary/aromatic N) is 6. The monoisotopic (exact) mass is 902 g/mol. The molecule has 18 heteroatoms. The fraction of sp³-hybridized carbons (Fsp3) is 0.105.